The molecule has 1 aromatic carbocycles. The summed E-state index contributed by atoms with van der Waals surface area (Å²) in [5.74, 6) is -1.56. The molecule has 2 fully saturated rings. The summed E-state index contributed by atoms with van der Waals surface area (Å²) in [5, 5.41) is 2.84. The van der Waals surface area contributed by atoms with Crippen molar-refractivity contribution in [3.8, 4) is 0 Å². The number of nitrogens with one attached hydrogen (secondary N) is 2. The van der Waals surface area contributed by atoms with Crippen LogP contribution in [0.25, 0.3) is 10.9 Å². The number of amides is 1. The standard InChI is InChI=1S/C26H27F4N5O3/c1-12-10-35(11-13(2)38-12)25(37)16-6-20(27)23(31-9-16)34-22(15-4-5-15)17-7-18-21(8-19(17)26(28,29)30)32-14(3)33-24(18)36/h6-9,12-13,15,22H,4-5,10-11H2,1-3H3,(H,31,34)(H,32,33,36)/t12-,13+,22?. The number of aromatic amines is 1. The van der Waals surface area contributed by atoms with Crippen molar-refractivity contribution in [2.45, 2.75) is 58.0 Å². The van der Waals surface area contributed by atoms with Crippen molar-refractivity contribution in [1.82, 2.24) is 19.9 Å². The van der Waals surface area contributed by atoms with Crippen LogP contribution in [0.5, 0.6) is 0 Å². The van der Waals surface area contributed by atoms with E-state index in [0.717, 1.165) is 12.1 Å². The number of morpholine rings is 1. The fourth-order valence-corrected chi connectivity index (χ4v) is 5.04. The molecule has 3 heterocycles. The molecule has 0 spiro atoms. The zero-order valence-electron chi connectivity index (χ0n) is 21.0. The molecule has 2 aromatic heterocycles. The molecule has 0 bridgehead atoms. The van der Waals surface area contributed by atoms with Crippen molar-refractivity contribution in [1.29, 1.82) is 0 Å². The summed E-state index contributed by atoms with van der Waals surface area (Å²) in [5.41, 5.74) is -1.73. The fraction of sp³-hybridized carbons (Fsp3) is 0.462. The van der Waals surface area contributed by atoms with E-state index in [2.05, 4.69) is 20.3 Å². The van der Waals surface area contributed by atoms with Gasteiger partial charge >= 0.3 is 6.18 Å². The monoisotopic (exact) mass is 533 g/mol. The van der Waals surface area contributed by atoms with Crippen molar-refractivity contribution >= 4 is 22.6 Å². The van der Waals surface area contributed by atoms with Gasteiger partial charge in [0.2, 0.25) is 0 Å². The van der Waals surface area contributed by atoms with E-state index in [9.17, 15) is 22.8 Å². The predicted octanol–water partition coefficient (Wildman–Crippen LogP) is 4.60. The van der Waals surface area contributed by atoms with E-state index in [1.54, 1.807) is 4.90 Å². The lowest BCUT2D eigenvalue weighted by molar-refractivity contribution is -0.138. The Morgan fingerprint density at radius 2 is 1.87 bits per heavy atom. The van der Waals surface area contributed by atoms with Gasteiger partial charge in [0.05, 0.1) is 40.3 Å². The summed E-state index contributed by atoms with van der Waals surface area (Å²) in [7, 11) is 0. The van der Waals surface area contributed by atoms with Gasteiger partial charge in [0.15, 0.2) is 11.6 Å². The minimum absolute atomic E-state index is 0.00870. The molecule has 3 atom stereocenters. The van der Waals surface area contributed by atoms with Crippen molar-refractivity contribution in [2.24, 2.45) is 5.92 Å². The van der Waals surface area contributed by atoms with Gasteiger partial charge in [-0.25, -0.2) is 14.4 Å². The number of halogens is 4. The Hall–Kier alpha value is -3.54. The number of carbonyl (C=O) groups is 1. The molecule has 12 heteroatoms. The van der Waals surface area contributed by atoms with Gasteiger partial charge < -0.3 is 19.9 Å². The number of anilines is 1. The maximum absolute atomic E-state index is 15.2. The second kappa shape index (κ2) is 9.64. The third kappa shape index (κ3) is 5.22. The smallest absolute Gasteiger partial charge is 0.372 e. The summed E-state index contributed by atoms with van der Waals surface area (Å²) >= 11 is 0. The highest BCUT2D eigenvalue weighted by Crippen LogP contribution is 2.47. The number of H-pyrrole nitrogens is 1. The van der Waals surface area contributed by atoms with E-state index in [1.165, 1.54) is 19.2 Å². The van der Waals surface area contributed by atoms with Crippen LogP contribution in [0.4, 0.5) is 23.4 Å². The molecule has 5 rings (SSSR count). The van der Waals surface area contributed by atoms with Crippen LogP contribution in [0.2, 0.25) is 0 Å². The molecule has 1 aliphatic heterocycles. The summed E-state index contributed by atoms with van der Waals surface area (Å²) in [6.45, 7) is 5.87. The third-order valence-electron chi connectivity index (χ3n) is 6.82. The summed E-state index contributed by atoms with van der Waals surface area (Å²) in [6.07, 6.45) is -2.60. The van der Waals surface area contributed by atoms with Crippen LogP contribution >= 0.6 is 0 Å². The van der Waals surface area contributed by atoms with Crippen molar-refractivity contribution in [2.75, 3.05) is 18.4 Å². The first-order valence-electron chi connectivity index (χ1n) is 12.4. The van der Waals surface area contributed by atoms with Gasteiger partial charge in [0.25, 0.3) is 11.5 Å². The molecule has 1 saturated carbocycles. The number of hydrogen-bond donors (Lipinski definition) is 2. The van der Waals surface area contributed by atoms with Gasteiger partial charge in [0, 0.05) is 19.3 Å². The summed E-state index contributed by atoms with van der Waals surface area (Å²) in [6, 6.07) is 2.12. The Kier molecular flexibility index (Phi) is 6.62. The number of aromatic nitrogens is 3. The first-order chi connectivity index (χ1) is 17.9. The number of aryl methyl sites for hydroxylation is 1. The molecule has 2 aliphatic rings. The number of pyridine rings is 1. The Morgan fingerprint density at radius 3 is 2.47 bits per heavy atom. The Morgan fingerprint density at radius 1 is 1.18 bits per heavy atom. The minimum Gasteiger partial charge on any atom is -0.372 e. The van der Waals surface area contributed by atoms with Crippen molar-refractivity contribution in [3.63, 3.8) is 0 Å². The average Bonchev–Trinajstić information content (AvgIpc) is 3.66. The second-order valence-corrected chi connectivity index (χ2v) is 10.1. The SMILES string of the molecule is Cc1nc2cc(C(F)(F)F)c(C(Nc3ncc(C(=O)N4C[C@@H](C)O[C@@H](C)C4)cc3F)C3CC3)cc2c(=O)[nH]1. The number of ether oxygens (including phenoxy) is 1. The lowest BCUT2D eigenvalue weighted by Gasteiger charge is -2.35. The average molecular weight is 534 g/mol. The molecule has 1 amide bonds. The minimum atomic E-state index is -4.73. The van der Waals surface area contributed by atoms with E-state index >= 15 is 4.39 Å². The number of rotatable bonds is 5. The molecular weight excluding hydrogens is 506 g/mol. The van der Waals surface area contributed by atoms with E-state index in [4.69, 9.17) is 4.74 Å². The highest BCUT2D eigenvalue weighted by atomic mass is 19.4. The molecule has 3 aromatic rings. The molecule has 1 unspecified atom stereocenters. The third-order valence-corrected chi connectivity index (χ3v) is 6.82. The molecular formula is C26H27F4N5O3. The Balaban J connectivity index is 1.49. The van der Waals surface area contributed by atoms with Crippen LogP contribution in [0.1, 0.15) is 60.0 Å². The van der Waals surface area contributed by atoms with Gasteiger partial charge in [-0.3, -0.25) is 9.59 Å². The van der Waals surface area contributed by atoms with Gasteiger partial charge in [-0.05, 0) is 63.3 Å². The van der Waals surface area contributed by atoms with Crippen LogP contribution in [0.15, 0.2) is 29.2 Å². The number of carbonyl (C=O) groups excluding carboxylic acids is 1. The van der Waals surface area contributed by atoms with Crippen LogP contribution in [-0.4, -0.2) is 51.1 Å². The number of nitrogens with zero attached hydrogens (tertiary/aromatic N) is 3. The summed E-state index contributed by atoms with van der Waals surface area (Å²) < 4.78 is 63.2. The topological polar surface area (TPSA) is 100 Å². The van der Waals surface area contributed by atoms with Gasteiger partial charge in [0.1, 0.15) is 5.82 Å². The maximum Gasteiger partial charge on any atom is 0.416 e. The molecule has 8 nitrogen and oxygen atoms in total. The molecule has 1 aliphatic carbocycles. The van der Waals surface area contributed by atoms with Crippen LogP contribution in [0, 0.1) is 18.7 Å². The fourth-order valence-electron chi connectivity index (χ4n) is 5.04. The highest BCUT2D eigenvalue weighted by Gasteiger charge is 2.41. The Labute approximate surface area is 215 Å². The highest BCUT2D eigenvalue weighted by molar-refractivity contribution is 5.94. The first kappa shape index (κ1) is 26.1. The van der Waals surface area contributed by atoms with Crippen molar-refractivity contribution in [3.05, 3.63) is 63.1 Å². The molecule has 0 radical (unpaired) electrons. The number of fused-ring (bicyclic) bond motifs is 1. The van der Waals surface area contributed by atoms with E-state index in [0.29, 0.717) is 25.9 Å². The number of alkyl halides is 3. The van der Waals surface area contributed by atoms with E-state index in [-0.39, 0.29) is 51.8 Å². The van der Waals surface area contributed by atoms with E-state index < -0.39 is 35.1 Å². The van der Waals surface area contributed by atoms with Crippen LogP contribution < -0.4 is 10.9 Å². The quantitative estimate of drug-likeness (QED) is 0.465. The zero-order chi connectivity index (χ0) is 27.4. The molecule has 1 saturated heterocycles. The summed E-state index contributed by atoms with van der Waals surface area (Å²) in [4.78, 5) is 37.6. The second-order valence-electron chi connectivity index (χ2n) is 10.1. The van der Waals surface area contributed by atoms with Gasteiger partial charge in [-0.15, -0.1) is 0 Å². The molecule has 38 heavy (non-hydrogen) atoms. The predicted molar refractivity (Wildman–Crippen MR) is 131 cm³/mol. The lowest BCUT2D eigenvalue weighted by atomic mass is 9.94. The zero-order valence-corrected chi connectivity index (χ0v) is 21.0. The number of hydrogen-bond acceptors (Lipinski definition) is 6. The Bertz CT molecular complexity index is 1440. The number of benzene rings is 1. The van der Waals surface area contributed by atoms with Gasteiger partial charge in [-0.1, -0.05) is 0 Å². The molecule has 2 N–H and O–H groups in total. The molecule has 202 valence electrons. The normalized spacial score (nSPS) is 21.0. The van der Waals surface area contributed by atoms with Crippen LogP contribution in [-0.2, 0) is 10.9 Å². The van der Waals surface area contributed by atoms with Gasteiger partial charge in [-0.2, -0.15) is 13.2 Å². The van der Waals surface area contributed by atoms with Crippen LogP contribution in [0.3, 0.4) is 0 Å². The van der Waals surface area contributed by atoms with Crippen molar-refractivity contribution < 1.29 is 27.1 Å². The maximum atomic E-state index is 15.2. The first-order valence-corrected chi connectivity index (χ1v) is 12.4. The largest absolute Gasteiger partial charge is 0.416 e. The van der Waals surface area contributed by atoms with E-state index in [1.807, 2.05) is 13.8 Å². The lowest BCUT2D eigenvalue weighted by Crippen LogP contribution is -2.48.